The van der Waals surface area contributed by atoms with Gasteiger partial charge in [0.05, 0.1) is 0 Å². The van der Waals surface area contributed by atoms with Crippen molar-refractivity contribution in [3.05, 3.63) is 47.5 Å². The molecule has 3 rings (SSSR count). The smallest absolute Gasteiger partial charge is 0.344 e. The predicted molar refractivity (Wildman–Crippen MR) is 108 cm³/mol. The molecule has 1 unspecified atom stereocenters. The molecule has 1 heterocycles. The molecule has 7 nitrogen and oxygen atoms in total. The summed E-state index contributed by atoms with van der Waals surface area (Å²) >= 11 is 0. The third-order valence-corrected chi connectivity index (χ3v) is 4.45. The molecule has 1 N–H and O–H groups in total. The van der Waals surface area contributed by atoms with Crippen molar-refractivity contribution >= 4 is 17.6 Å². The van der Waals surface area contributed by atoms with Crippen LogP contribution in [0.15, 0.2) is 36.4 Å². The fourth-order valence-corrected chi connectivity index (χ4v) is 2.88. The van der Waals surface area contributed by atoms with Gasteiger partial charge in [0.25, 0.3) is 5.91 Å². The highest BCUT2D eigenvalue weighted by Crippen LogP contribution is 2.34. The molecule has 0 bridgehead atoms. The van der Waals surface area contributed by atoms with E-state index >= 15 is 0 Å². The molecular formula is C22H25NO6. The van der Waals surface area contributed by atoms with E-state index < -0.39 is 18.0 Å². The Morgan fingerprint density at radius 1 is 1.07 bits per heavy atom. The lowest BCUT2D eigenvalue weighted by Gasteiger charge is -2.16. The summed E-state index contributed by atoms with van der Waals surface area (Å²) < 4.78 is 21.4. The van der Waals surface area contributed by atoms with E-state index in [1.54, 1.807) is 18.2 Å². The maximum absolute atomic E-state index is 12.3. The third-order valence-electron chi connectivity index (χ3n) is 4.45. The van der Waals surface area contributed by atoms with Crippen molar-refractivity contribution in [2.24, 2.45) is 0 Å². The van der Waals surface area contributed by atoms with E-state index in [1.165, 1.54) is 6.92 Å². The first-order valence-electron chi connectivity index (χ1n) is 9.47. The Balaban J connectivity index is 1.52. The molecule has 1 aliphatic heterocycles. The van der Waals surface area contributed by atoms with Gasteiger partial charge >= 0.3 is 5.97 Å². The molecular weight excluding hydrogens is 374 g/mol. The number of esters is 1. The minimum atomic E-state index is -0.974. The highest BCUT2D eigenvalue weighted by molar-refractivity contribution is 5.95. The number of carbonyl (C=O) groups is 2. The van der Waals surface area contributed by atoms with E-state index in [0.29, 0.717) is 22.9 Å². The zero-order valence-electron chi connectivity index (χ0n) is 17.0. The van der Waals surface area contributed by atoms with Crippen molar-refractivity contribution in [1.29, 1.82) is 0 Å². The Bertz CT molecular complexity index is 908. The molecule has 2 aromatic rings. The maximum Gasteiger partial charge on any atom is 0.344 e. The van der Waals surface area contributed by atoms with E-state index in [-0.39, 0.29) is 19.3 Å². The third kappa shape index (κ3) is 5.19. The molecule has 7 heteroatoms. The molecule has 1 atom stereocenters. The largest absolute Gasteiger partial charge is 0.482 e. The molecule has 1 amide bonds. The summed E-state index contributed by atoms with van der Waals surface area (Å²) in [5.74, 6) is 1.02. The number of hydrogen-bond donors (Lipinski definition) is 1. The lowest BCUT2D eigenvalue weighted by atomic mass is 10.0. The minimum Gasteiger partial charge on any atom is -0.482 e. The van der Waals surface area contributed by atoms with E-state index in [2.05, 4.69) is 19.2 Å². The van der Waals surface area contributed by atoms with Gasteiger partial charge in [-0.05, 0) is 49.1 Å². The van der Waals surface area contributed by atoms with Crippen LogP contribution in [0.2, 0.25) is 0 Å². The molecule has 0 spiro atoms. The average molecular weight is 399 g/mol. The zero-order chi connectivity index (χ0) is 21.0. The average Bonchev–Trinajstić information content (AvgIpc) is 3.14. The number of amides is 1. The van der Waals surface area contributed by atoms with Crippen molar-refractivity contribution in [3.8, 4) is 17.2 Å². The predicted octanol–water partition coefficient (Wildman–Crippen LogP) is 3.80. The normalized spacial score (nSPS) is 13.1. The summed E-state index contributed by atoms with van der Waals surface area (Å²) in [4.78, 5) is 24.4. The summed E-state index contributed by atoms with van der Waals surface area (Å²) in [6.45, 7) is 7.45. The van der Waals surface area contributed by atoms with Crippen molar-refractivity contribution in [1.82, 2.24) is 0 Å². The standard InChI is InChI=1S/C22H25NO6/c1-13(2)17-7-5-14(3)9-19(17)26-11-21(24)29-15(4)22(25)23-16-6-8-18-20(10-16)28-12-27-18/h5-10,13,15H,11-12H2,1-4H3,(H,23,25). The van der Waals surface area contributed by atoms with Gasteiger partial charge < -0.3 is 24.3 Å². The van der Waals surface area contributed by atoms with Gasteiger partial charge in [0.2, 0.25) is 6.79 Å². The summed E-state index contributed by atoms with van der Waals surface area (Å²) in [6, 6.07) is 10.9. The SMILES string of the molecule is Cc1ccc(C(C)C)c(OCC(=O)OC(C)C(=O)Nc2ccc3c(c2)OCO3)c1. The molecule has 0 radical (unpaired) electrons. The Kier molecular flexibility index (Phi) is 6.26. The molecule has 0 saturated carbocycles. The van der Waals surface area contributed by atoms with E-state index in [1.807, 2.05) is 25.1 Å². The molecule has 0 aliphatic carbocycles. The van der Waals surface area contributed by atoms with E-state index in [9.17, 15) is 9.59 Å². The summed E-state index contributed by atoms with van der Waals surface area (Å²) in [6.07, 6.45) is -0.974. The Labute approximate surface area is 169 Å². The molecule has 29 heavy (non-hydrogen) atoms. The van der Waals surface area contributed by atoms with Crippen molar-refractivity contribution in [2.45, 2.75) is 39.7 Å². The summed E-state index contributed by atoms with van der Waals surface area (Å²) in [5, 5.41) is 2.69. The van der Waals surface area contributed by atoms with Crippen LogP contribution in [0.5, 0.6) is 17.2 Å². The zero-order valence-corrected chi connectivity index (χ0v) is 17.0. The highest BCUT2D eigenvalue weighted by Gasteiger charge is 2.20. The number of hydrogen-bond acceptors (Lipinski definition) is 6. The molecule has 154 valence electrons. The monoisotopic (exact) mass is 399 g/mol. The van der Waals surface area contributed by atoms with Crippen LogP contribution in [0.3, 0.4) is 0 Å². The van der Waals surface area contributed by atoms with E-state index in [4.69, 9.17) is 18.9 Å². The molecule has 2 aromatic carbocycles. The second-order valence-electron chi connectivity index (χ2n) is 7.17. The van der Waals surface area contributed by atoms with Crippen LogP contribution in [0.25, 0.3) is 0 Å². The minimum absolute atomic E-state index is 0.153. The van der Waals surface area contributed by atoms with Gasteiger partial charge in [-0.2, -0.15) is 0 Å². The number of ether oxygens (including phenoxy) is 4. The van der Waals surface area contributed by atoms with Gasteiger partial charge in [0.15, 0.2) is 24.2 Å². The van der Waals surface area contributed by atoms with Crippen LogP contribution in [-0.4, -0.2) is 31.4 Å². The van der Waals surface area contributed by atoms with Gasteiger partial charge in [-0.15, -0.1) is 0 Å². The topological polar surface area (TPSA) is 83.1 Å². The maximum atomic E-state index is 12.3. The van der Waals surface area contributed by atoms with E-state index in [0.717, 1.165) is 11.1 Å². The van der Waals surface area contributed by atoms with Crippen molar-refractivity contribution in [3.63, 3.8) is 0 Å². The van der Waals surface area contributed by atoms with Crippen LogP contribution < -0.4 is 19.5 Å². The number of anilines is 1. The van der Waals surface area contributed by atoms with Crippen LogP contribution in [0, 0.1) is 6.92 Å². The Morgan fingerprint density at radius 3 is 2.59 bits per heavy atom. The number of nitrogens with one attached hydrogen (secondary N) is 1. The fourth-order valence-electron chi connectivity index (χ4n) is 2.88. The molecule has 0 saturated heterocycles. The van der Waals surface area contributed by atoms with Crippen LogP contribution >= 0.6 is 0 Å². The summed E-state index contributed by atoms with van der Waals surface area (Å²) in [7, 11) is 0. The van der Waals surface area contributed by atoms with Crippen LogP contribution in [0.4, 0.5) is 5.69 Å². The van der Waals surface area contributed by atoms with Crippen molar-refractivity contribution < 1.29 is 28.5 Å². The number of carbonyl (C=O) groups excluding carboxylic acids is 2. The Hall–Kier alpha value is -3.22. The van der Waals surface area contributed by atoms with Gasteiger partial charge in [-0.3, -0.25) is 4.79 Å². The fraction of sp³-hybridized carbons (Fsp3) is 0.364. The van der Waals surface area contributed by atoms with Gasteiger partial charge in [-0.25, -0.2) is 4.79 Å². The first kappa shape index (κ1) is 20.5. The van der Waals surface area contributed by atoms with Crippen molar-refractivity contribution in [2.75, 3.05) is 18.7 Å². The second kappa shape index (κ2) is 8.86. The highest BCUT2D eigenvalue weighted by atomic mass is 16.7. The molecule has 1 aliphatic rings. The molecule has 0 aromatic heterocycles. The van der Waals surface area contributed by atoms with Gasteiger partial charge in [-0.1, -0.05) is 26.0 Å². The van der Waals surface area contributed by atoms with Crippen LogP contribution in [0.1, 0.15) is 37.8 Å². The second-order valence-corrected chi connectivity index (χ2v) is 7.17. The van der Waals surface area contributed by atoms with Gasteiger partial charge in [0.1, 0.15) is 5.75 Å². The number of benzene rings is 2. The lowest BCUT2D eigenvalue weighted by Crippen LogP contribution is -2.31. The number of fused-ring (bicyclic) bond motifs is 1. The quantitative estimate of drug-likeness (QED) is 0.713. The molecule has 0 fully saturated rings. The number of aryl methyl sites for hydroxylation is 1. The Morgan fingerprint density at radius 2 is 1.83 bits per heavy atom. The van der Waals surface area contributed by atoms with Crippen LogP contribution in [-0.2, 0) is 14.3 Å². The lowest BCUT2D eigenvalue weighted by molar-refractivity contribution is -0.155. The first-order chi connectivity index (χ1) is 13.8. The number of rotatable bonds is 7. The first-order valence-corrected chi connectivity index (χ1v) is 9.47. The van der Waals surface area contributed by atoms with Gasteiger partial charge in [0, 0.05) is 11.8 Å². The summed E-state index contributed by atoms with van der Waals surface area (Å²) in [5.41, 5.74) is 2.57.